The Morgan fingerprint density at radius 3 is 2.94 bits per heavy atom. The zero-order valence-electron chi connectivity index (χ0n) is 18.0. The smallest absolute Gasteiger partial charge is 0.262 e. The molecule has 0 unspecified atom stereocenters. The zero-order valence-corrected chi connectivity index (χ0v) is 18.8. The first-order valence-corrected chi connectivity index (χ1v) is 11.9. The standard InChI is InChI=1S/C24H25N5O2S/c1-2-16-5-8-18(9-6-16)28-29-21(15-32-24(29)26-19-4-3-11-25-13-19)17-7-10-22-20(12-17)27-23(30)14-31-22/h3-4,7,10-13,15-16H,2,5-6,8-9,14H2,1H3,(H,27,30). The van der Waals surface area contributed by atoms with Crippen molar-refractivity contribution >= 4 is 34.3 Å². The number of carbonyl (C=O) groups excluding carboxylic acids is 1. The molecule has 0 atom stereocenters. The average Bonchev–Trinajstić information content (AvgIpc) is 3.21. The maximum atomic E-state index is 11.8. The summed E-state index contributed by atoms with van der Waals surface area (Å²) >= 11 is 1.54. The van der Waals surface area contributed by atoms with E-state index in [1.165, 1.54) is 25.0 Å². The predicted molar refractivity (Wildman–Crippen MR) is 126 cm³/mol. The molecule has 1 amide bonds. The first kappa shape index (κ1) is 20.6. The Morgan fingerprint density at radius 2 is 2.16 bits per heavy atom. The van der Waals surface area contributed by atoms with Crippen molar-refractivity contribution in [1.82, 2.24) is 9.66 Å². The fourth-order valence-corrected chi connectivity index (χ4v) is 4.96. The average molecular weight is 448 g/mol. The number of nitrogens with zero attached hydrogens (tertiary/aromatic N) is 4. The lowest BCUT2D eigenvalue weighted by Gasteiger charge is -2.22. The summed E-state index contributed by atoms with van der Waals surface area (Å²) in [6.45, 7) is 2.31. The van der Waals surface area contributed by atoms with Gasteiger partial charge >= 0.3 is 0 Å². The third kappa shape index (κ3) is 4.36. The third-order valence-corrected chi connectivity index (χ3v) is 6.78. The van der Waals surface area contributed by atoms with Gasteiger partial charge in [-0.2, -0.15) is 5.10 Å². The number of hydrogen-bond acceptors (Lipinski definition) is 6. The molecule has 0 bridgehead atoms. The number of ether oxygens (including phenoxy) is 1. The SMILES string of the molecule is CCC1CCC(=Nn2c(-c3ccc4c(c3)NC(=O)CO4)csc2=Nc2cccnc2)CC1. The van der Waals surface area contributed by atoms with E-state index in [0.29, 0.717) is 11.4 Å². The molecular weight excluding hydrogens is 422 g/mol. The van der Waals surface area contributed by atoms with Crippen molar-refractivity contribution in [3.8, 4) is 17.0 Å². The van der Waals surface area contributed by atoms with Crippen LogP contribution in [0.25, 0.3) is 11.3 Å². The maximum Gasteiger partial charge on any atom is 0.262 e. The second-order valence-electron chi connectivity index (χ2n) is 8.10. The molecule has 8 heteroatoms. The van der Waals surface area contributed by atoms with Crippen LogP contribution in [-0.4, -0.2) is 27.9 Å². The molecular formula is C24H25N5O2S. The number of thiazole rings is 1. The number of amides is 1. The highest BCUT2D eigenvalue weighted by atomic mass is 32.1. The lowest BCUT2D eigenvalue weighted by molar-refractivity contribution is -0.118. The van der Waals surface area contributed by atoms with E-state index in [9.17, 15) is 4.79 Å². The highest BCUT2D eigenvalue weighted by molar-refractivity contribution is 7.07. The first-order chi connectivity index (χ1) is 15.7. The van der Waals surface area contributed by atoms with E-state index in [0.717, 1.165) is 40.5 Å². The summed E-state index contributed by atoms with van der Waals surface area (Å²) in [4.78, 5) is 21.5. The summed E-state index contributed by atoms with van der Waals surface area (Å²) in [5.74, 6) is 1.33. The number of hydrogen-bond donors (Lipinski definition) is 1. The number of nitrogens with one attached hydrogen (secondary N) is 1. The zero-order chi connectivity index (χ0) is 21.9. The molecule has 1 saturated carbocycles. The van der Waals surface area contributed by atoms with E-state index in [-0.39, 0.29) is 12.5 Å². The minimum atomic E-state index is -0.145. The molecule has 1 aliphatic heterocycles. The normalized spacial score (nSPS) is 18.7. The Morgan fingerprint density at radius 1 is 1.28 bits per heavy atom. The molecule has 1 aliphatic carbocycles. The summed E-state index contributed by atoms with van der Waals surface area (Å²) in [5, 5.41) is 10.0. The second kappa shape index (κ2) is 9.08. The van der Waals surface area contributed by atoms with E-state index < -0.39 is 0 Å². The monoisotopic (exact) mass is 447 g/mol. The molecule has 164 valence electrons. The number of anilines is 1. The van der Waals surface area contributed by atoms with Crippen molar-refractivity contribution in [3.63, 3.8) is 0 Å². The van der Waals surface area contributed by atoms with Crippen molar-refractivity contribution in [2.45, 2.75) is 39.0 Å². The number of aromatic nitrogens is 2. The summed E-state index contributed by atoms with van der Waals surface area (Å²) in [5.41, 5.74) is 4.56. The van der Waals surface area contributed by atoms with Crippen LogP contribution < -0.4 is 14.9 Å². The molecule has 32 heavy (non-hydrogen) atoms. The highest BCUT2D eigenvalue weighted by Gasteiger charge is 2.19. The van der Waals surface area contributed by atoms with Gasteiger partial charge in [-0.1, -0.05) is 13.3 Å². The first-order valence-electron chi connectivity index (χ1n) is 11.0. The number of benzene rings is 1. The fourth-order valence-electron chi connectivity index (χ4n) is 4.11. The quantitative estimate of drug-likeness (QED) is 0.612. The molecule has 7 nitrogen and oxygen atoms in total. The van der Waals surface area contributed by atoms with Crippen LogP contribution >= 0.6 is 11.3 Å². The molecule has 1 aromatic carbocycles. The van der Waals surface area contributed by atoms with Crippen LogP contribution in [0.4, 0.5) is 11.4 Å². The number of rotatable bonds is 4. The molecule has 1 N–H and O–H groups in total. The van der Waals surface area contributed by atoms with Crippen LogP contribution in [0.1, 0.15) is 39.0 Å². The summed E-state index contributed by atoms with van der Waals surface area (Å²) < 4.78 is 7.45. The highest BCUT2D eigenvalue weighted by Crippen LogP contribution is 2.33. The van der Waals surface area contributed by atoms with Gasteiger partial charge in [-0.3, -0.25) is 9.78 Å². The molecule has 0 spiro atoms. The lowest BCUT2D eigenvalue weighted by Crippen LogP contribution is -2.25. The van der Waals surface area contributed by atoms with Gasteiger partial charge in [-0.25, -0.2) is 9.67 Å². The van der Waals surface area contributed by atoms with E-state index in [2.05, 4.69) is 22.6 Å². The van der Waals surface area contributed by atoms with Crippen molar-refractivity contribution < 1.29 is 9.53 Å². The topological polar surface area (TPSA) is 80.9 Å². The number of pyridine rings is 1. The van der Waals surface area contributed by atoms with Crippen molar-refractivity contribution in [1.29, 1.82) is 0 Å². The molecule has 3 heterocycles. The molecule has 2 aliphatic rings. The molecule has 3 aromatic rings. The van der Waals surface area contributed by atoms with E-state index in [1.807, 2.05) is 35.0 Å². The van der Waals surface area contributed by atoms with Crippen LogP contribution in [0, 0.1) is 5.92 Å². The largest absolute Gasteiger partial charge is 0.482 e. The van der Waals surface area contributed by atoms with E-state index in [4.69, 9.17) is 14.8 Å². The van der Waals surface area contributed by atoms with Gasteiger partial charge < -0.3 is 10.1 Å². The minimum absolute atomic E-state index is 0.0470. The molecule has 5 rings (SSSR count). The van der Waals surface area contributed by atoms with Gasteiger partial charge in [-0.15, -0.1) is 11.3 Å². The third-order valence-electron chi connectivity index (χ3n) is 5.97. The Balaban J connectivity index is 1.58. The molecule has 2 aromatic heterocycles. The molecule has 0 saturated heterocycles. The lowest BCUT2D eigenvalue weighted by atomic mass is 9.86. The van der Waals surface area contributed by atoms with Crippen molar-refractivity contribution in [3.05, 3.63) is 52.9 Å². The summed E-state index contributed by atoms with van der Waals surface area (Å²) in [6.07, 6.45) is 9.12. The fraction of sp³-hybridized carbons (Fsp3) is 0.333. The Bertz CT molecular complexity index is 1220. The Hall–Kier alpha value is -3.26. The number of fused-ring (bicyclic) bond motifs is 1. The van der Waals surface area contributed by atoms with Gasteiger partial charge in [-0.05, 0) is 61.9 Å². The van der Waals surface area contributed by atoms with Gasteiger partial charge in [0.15, 0.2) is 6.61 Å². The van der Waals surface area contributed by atoms with Crippen molar-refractivity contribution in [2.75, 3.05) is 11.9 Å². The van der Waals surface area contributed by atoms with Crippen LogP contribution in [0.2, 0.25) is 0 Å². The van der Waals surface area contributed by atoms with Gasteiger partial charge in [0.1, 0.15) is 5.75 Å². The number of carbonyl (C=O) groups is 1. The summed E-state index contributed by atoms with van der Waals surface area (Å²) in [7, 11) is 0. The summed E-state index contributed by atoms with van der Waals surface area (Å²) in [6, 6.07) is 9.64. The molecule has 0 radical (unpaired) electrons. The van der Waals surface area contributed by atoms with E-state index >= 15 is 0 Å². The van der Waals surface area contributed by atoms with Gasteiger partial charge in [0.2, 0.25) is 4.80 Å². The van der Waals surface area contributed by atoms with Crippen LogP contribution in [0.15, 0.2) is 58.2 Å². The van der Waals surface area contributed by atoms with Gasteiger partial charge in [0.05, 0.1) is 23.3 Å². The van der Waals surface area contributed by atoms with E-state index in [1.54, 1.807) is 23.7 Å². The van der Waals surface area contributed by atoms with Crippen LogP contribution in [0.5, 0.6) is 5.75 Å². The van der Waals surface area contributed by atoms with Crippen LogP contribution in [0.3, 0.4) is 0 Å². The second-order valence-corrected chi connectivity index (χ2v) is 8.94. The van der Waals surface area contributed by atoms with Gasteiger partial charge in [0, 0.05) is 22.9 Å². The predicted octanol–water partition coefficient (Wildman–Crippen LogP) is 4.98. The van der Waals surface area contributed by atoms with Crippen LogP contribution in [-0.2, 0) is 4.79 Å². The Labute approximate surface area is 190 Å². The Kier molecular flexibility index (Phi) is 5.85. The minimum Gasteiger partial charge on any atom is -0.482 e. The van der Waals surface area contributed by atoms with Gasteiger partial charge in [0.25, 0.3) is 5.91 Å². The molecule has 1 fully saturated rings. The van der Waals surface area contributed by atoms with Crippen molar-refractivity contribution in [2.24, 2.45) is 16.0 Å². The maximum absolute atomic E-state index is 11.8.